The third-order valence-electron chi connectivity index (χ3n) is 1.46. The molecule has 0 saturated carbocycles. The first kappa shape index (κ1) is 17.8. The Morgan fingerprint density at radius 3 is 1.00 bits per heavy atom. The summed E-state index contributed by atoms with van der Waals surface area (Å²) in [6, 6.07) is 0. The largest absolute Gasteiger partial charge is 0.255 e. The first-order chi connectivity index (χ1) is 5.91. The molecular weight excluding hydrogens is 160 g/mol. The van der Waals surface area contributed by atoms with E-state index in [9.17, 15) is 0 Å². The van der Waals surface area contributed by atoms with Gasteiger partial charge in [0.15, 0.2) is 0 Å². The average Bonchev–Trinajstić information content (AvgIpc) is 2.19. The van der Waals surface area contributed by atoms with Crippen LogP contribution in [0.4, 0.5) is 0 Å². The molecule has 0 aromatic carbocycles. The summed E-state index contributed by atoms with van der Waals surface area (Å²) in [4.78, 5) is 0. The molecule has 0 radical (unpaired) electrons. The SMILES string of the molecule is CCCCCCCC.OO.OO. The van der Waals surface area contributed by atoms with E-state index in [1.165, 1.54) is 38.5 Å². The van der Waals surface area contributed by atoms with Crippen molar-refractivity contribution in [1.29, 1.82) is 0 Å². The van der Waals surface area contributed by atoms with Crippen molar-refractivity contribution in [2.75, 3.05) is 0 Å². The van der Waals surface area contributed by atoms with E-state index in [1.807, 2.05) is 0 Å². The van der Waals surface area contributed by atoms with E-state index in [0.717, 1.165) is 0 Å². The van der Waals surface area contributed by atoms with Gasteiger partial charge < -0.3 is 0 Å². The molecule has 0 aliphatic heterocycles. The molecule has 0 bridgehead atoms. The van der Waals surface area contributed by atoms with E-state index < -0.39 is 0 Å². The Labute approximate surface area is 74.3 Å². The van der Waals surface area contributed by atoms with Crippen LogP contribution in [-0.2, 0) is 0 Å². The van der Waals surface area contributed by atoms with Crippen LogP contribution in [0.2, 0.25) is 0 Å². The van der Waals surface area contributed by atoms with Gasteiger partial charge in [-0.25, -0.2) is 0 Å². The molecule has 0 aliphatic rings. The summed E-state index contributed by atoms with van der Waals surface area (Å²) in [5.74, 6) is 0. The zero-order valence-corrected chi connectivity index (χ0v) is 8.03. The van der Waals surface area contributed by atoms with Gasteiger partial charge in [0.25, 0.3) is 0 Å². The molecule has 78 valence electrons. The second kappa shape index (κ2) is 30.8. The van der Waals surface area contributed by atoms with Gasteiger partial charge >= 0.3 is 0 Å². The van der Waals surface area contributed by atoms with Gasteiger partial charge in [0, 0.05) is 0 Å². The maximum Gasteiger partial charge on any atom is -0.0533 e. The molecule has 0 amide bonds. The van der Waals surface area contributed by atoms with Gasteiger partial charge in [-0.05, 0) is 0 Å². The van der Waals surface area contributed by atoms with Crippen LogP contribution in [0.1, 0.15) is 52.4 Å². The molecule has 0 aromatic heterocycles. The molecule has 0 saturated heterocycles. The molecule has 4 nitrogen and oxygen atoms in total. The van der Waals surface area contributed by atoms with Gasteiger partial charge in [0.05, 0.1) is 0 Å². The lowest BCUT2D eigenvalue weighted by Gasteiger charge is -1.93. The second-order valence-electron chi connectivity index (χ2n) is 2.41. The van der Waals surface area contributed by atoms with Crippen molar-refractivity contribution in [1.82, 2.24) is 0 Å². The van der Waals surface area contributed by atoms with Crippen LogP contribution in [0.15, 0.2) is 0 Å². The monoisotopic (exact) mass is 182 g/mol. The summed E-state index contributed by atoms with van der Waals surface area (Å²) in [5, 5.41) is 24.0. The van der Waals surface area contributed by atoms with Crippen LogP contribution < -0.4 is 0 Å². The third-order valence-corrected chi connectivity index (χ3v) is 1.46. The van der Waals surface area contributed by atoms with Crippen LogP contribution in [0.25, 0.3) is 0 Å². The van der Waals surface area contributed by atoms with Crippen LogP contribution in [0.5, 0.6) is 0 Å². The summed E-state index contributed by atoms with van der Waals surface area (Å²) in [6.45, 7) is 4.51. The van der Waals surface area contributed by atoms with E-state index >= 15 is 0 Å². The van der Waals surface area contributed by atoms with E-state index in [-0.39, 0.29) is 0 Å². The fourth-order valence-corrected chi connectivity index (χ4v) is 0.854. The molecule has 0 heterocycles. The predicted octanol–water partition coefficient (Wildman–Crippen LogP) is 3.40. The fraction of sp³-hybridized carbons (Fsp3) is 1.00. The van der Waals surface area contributed by atoms with Crippen LogP contribution in [0, 0.1) is 0 Å². The highest BCUT2D eigenvalue weighted by Crippen LogP contribution is 2.03. The zero-order chi connectivity index (χ0) is 10.2. The van der Waals surface area contributed by atoms with Crippen molar-refractivity contribution < 1.29 is 21.0 Å². The number of hydrogen-bond acceptors (Lipinski definition) is 4. The van der Waals surface area contributed by atoms with Crippen molar-refractivity contribution in [3.63, 3.8) is 0 Å². The molecule has 0 atom stereocenters. The minimum absolute atomic E-state index is 1.36. The van der Waals surface area contributed by atoms with Crippen molar-refractivity contribution >= 4 is 0 Å². The fourth-order valence-electron chi connectivity index (χ4n) is 0.854. The highest BCUT2D eigenvalue weighted by molar-refractivity contribution is 4.39. The molecule has 4 heteroatoms. The number of hydrogen-bond donors (Lipinski definition) is 4. The van der Waals surface area contributed by atoms with Gasteiger partial charge in [-0.15, -0.1) is 0 Å². The average molecular weight is 182 g/mol. The van der Waals surface area contributed by atoms with Gasteiger partial charge in [-0.2, -0.15) is 0 Å². The van der Waals surface area contributed by atoms with Crippen molar-refractivity contribution in [2.24, 2.45) is 0 Å². The standard InChI is InChI=1S/C8H18.2H2O2/c1-3-5-7-8-6-4-2;2*1-2/h3-8H2,1-2H3;2*1-2H. The smallest absolute Gasteiger partial charge is 0.0533 e. The summed E-state index contributed by atoms with van der Waals surface area (Å²) in [6.07, 6.45) is 8.49. The van der Waals surface area contributed by atoms with Crippen LogP contribution in [-0.4, -0.2) is 21.0 Å². The maximum atomic E-state index is 6.00. The highest BCUT2D eigenvalue weighted by atomic mass is 17.0. The van der Waals surface area contributed by atoms with E-state index in [2.05, 4.69) is 13.8 Å². The highest BCUT2D eigenvalue weighted by Gasteiger charge is 1.83. The summed E-state index contributed by atoms with van der Waals surface area (Å²) in [5.41, 5.74) is 0. The molecule has 0 aliphatic carbocycles. The normalized spacial score (nSPS) is 7.50. The second-order valence-corrected chi connectivity index (χ2v) is 2.41. The lowest BCUT2D eigenvalue weighted by Crippen LogP contribution is -1.73. The van der Waals surface area contributed by atoms with Gasteiger partial charge in [-0.3, -0.25) is 21.0 Å². The van der Waals surface area contributed by atoms with E-state index in [4.69, 9.17) is 21.0 Å². The quantitative estimate of drug-likeness (QED) is 0.298. The lowest BCUT2D eigenvalue weighted by molar-refractivity contribution is -0.176. The van der Waals surface area contributed by atoms with Crippen molar-refractivity contribution in [2.45, 2.75) is 52.4 Å². The predicted molar refractivity (Wildman–Crippen MR) is 49.6 cm³/mol. The summed E-state index contributed by atoms with van der Waals surface area (Å²) in [7, 11) is 0. The Balaban J connectivity index is -0.000000175. The minimum atomic E-state index is 1.36. The first-order valence-corrected chi connectivity index (χ1v) is 4.31. The number of unbranched alkanes of at least 4 members (excludes halogenated alkanes) is 5. The molecule has 0 rings (SSSR count). The van der Waals surface area contributed by atoms with Crippen molar-refractivity contribution in [3.05, 3.63) is 0 Å². The van der Waals surface area contributed by atoms with Gasteiger partial charge in [-0.1, -0.05) is 52.4 Å². The number of rotatable bonds is 5. The van der Waals surface area contributed by atoms with Gasteiger partial charge in [0.1, 0.15) is 0 Å². The van der Waals surface area contributed by atoms with Crippen LogP contribution in [0.3, 0.4) is 0 Å². The van der Waals surface area contributed by atoms with E-state index in [1.54, 1.807) is 0 Å². The third kappa shape index (κ3) is 32.8. The van der Waals surface area contributed by atoms with Crippen LogP contribution >= 0.6 is 0 Å². The Bertz CT molecular complexity index is 36.0. The Kier molecular flexibility index (Phi) is 45.7. The first-order valence-electron chi connectivity index (χ1n) is 4.31. The molecule has 4 N–H and O–H groups in total. The summed E-state index contributed by atoms with van der Waals surface area (Å²) >= 11 is 0. The van der Waals surface area contributed by atoms with Crippen molar-refractivity contribution in [3.8, 4) is 0 Å². The Hall–Kier alpha value is -0.160. The molecule has 0 spiro atoms. The lowest BCUT2D eigenvalue weighted by atomic mass is 10.1. The summed E-state index contributed by atoms with van der Waals surface area (Å²) < 4.78 is 0. The molecular formula is C8H22O4. The van der Waals surface area contributed by atoms with E-state index in [0.29, 0.717) is 0 Å². The molecule has 0 aromatic rings. The molecule has 0 unspecified atom stereocenters. The molecule has 12 heavy (non-hydrogen) atoms. The molecule has 0 fully saturated rings. The minimum Gasteiger partial charge on any atom is -0.255 e. The maximum absolute atomic E-state index is 6.00. The Morgan fingerprint density at radius 1 is 0.583 bits per heavy atom. The van der Waals surface area contributed by atoms with Gasteiger partial charge in [0.2, 0.25) is 0 Å². The zero-order valence-electron chi connectivity index (χ0n) is 8.03. The Morgan fingerprint density at radius 2 is 0.833 bits per heavy atom. The topological polar surface area (TPSA) is 80.9 Å².